The topological polar surface area (TPSA) is 155 Å². The van der Waals surface area contributed by atoms with E-state index in [9.17, 15) is 21.6 Å². The number of rotatable bonds is 4. The van der Waals surface area contributed by atoms with Crippen LogP contribution in [-0.2, 0) is 29.5 Å². The molecule has 1 aromatic rings. The van der Waals surface area contributed by atoms with Gasteiger partial charge >= 0.3 is 16.4 Å². The predicted octanol–water partition coefficient (Wildman–Crippen LogP) is -0.176. The first kappa shape index (κ1) is 17.5. The average molecular weight is 314 g/mol. The van der Waals surface area contributed by atoms with Crippen LogP contribution in [0.1, 0.15) is 0 Å². The van der Waals surface area contributed by atoms with Crippen LogP contribution in [0.15, 0.2) is 35.2 Å². The quantitative estimate of drug-likeness (QED) is 0.642. The molecule has 0 saturated carbocycles. The monoisotopic (exact) mass is 314 g/mol. The van der Waals surface area contributed by atoms with E-state index in [-0.39, 0.29) is 4.90 Å². The summed E-state index contributed by atoms with van der Waals surface area (Å²) in [6, 6.07) is 7.42. The molecule has 0 unspecified atom stereocenters. The van der Waals surface area contributed by atoms with Crippen molar-refractivity contribution in [3.05, 3.63) is 30.3 Å². The van der Waals surface area contributed by atoms with Crippen molar-refractivity contribution in [2.45, 2.75) is 4.90 Å². The number of aliphatic carboxylic acids is 1. The van der Waals surface area contributed by atoms with E-state index in [0.29, 0.717) is 0 Å². The highest BCUT2D eigenvalue weighted by Gasteiger charge is 2.06. The van der Waals surface area contributed by atoms with Crippen LogP contribution in [-0.4, -0.2) is 43.6 Å². The fraction of sp³-hybridized carbons (Fsp3) is 0.125. The third-order valence-corrected chi connectivity index (χ3v) is 2.66. The minimum absolute atomic E-state index is 0.0741. The van der Waals surface area contributed by atoms with Gasteiger partial charge in [0.25, 0.3) is 10.1 Å². The highest BCUT2D eigenvalue weighted by molar-refractivity contribution is 7.85. The largest absolute Gasteiger partial charge is 0.479 e. The summed E-state index contributed by atoms with van der Waals surface area (Å²) in [5.41, 5.74) is 0. The lowest BCUT2D eigenvalue weighted by molar-refractivity contribution is -0.139. The van der Waals surface area contributed by atoms with Crippen molar-refractivity contribution in [2.24, 2.45) is 0 Å². The molecule has 19 heavy (non-hydrogen) atoms. The zero-order chi connectivity index (χ0) is 15.1. The van der Waals surface area contributed by atoms with Crippen LogP contribution in [0.4, 0.5) is 0 Å². The molecule has 0 atom stereocenters. The summed E-state index contributed by atoms with van der Waals surface area (Å²) in [6.45, 7) is -1.06. The van der Waals surface area contributed by atoms with Gasteiger partial charge in [-0.15, -0.1) is 0 Å². The van der Waals surface area contributed by atoms with Crippen molar-refractivity contribution in [1.82, 2.24) is 0 Å². The van der Waals surface area contributed by atoms with Gasteiger partial charge < -0.3 is 5.11 Å². The summed E-state index contributed by atoms with van der Waals surface area (Å²) in [4.78, 5) is 9.47. The van der Waals surface area contributed by atoms with Crippen molar-refractivity contribution in [3.8, 4) is 0 Å². The van der Waals surface area contributed by atoms with Gasteiger partial charge in [0.15, 0.2) is 6.61 Å². The molecule has 9 nitrogen and oxygen atoms in total. The standard InChI is InChI=1S/C6H6O3S.C2H4O6S/c7-10(8,9)6-4-2-1-3-5-6;3-2(4)1-8-9(5,6)7/h1-5H,(H,7,8,9);1H2,(H,3,4)(H,5,6,7). The van der Waals surface area contributed by atoms with Crippen LogP contribution in [0.3, 0.4) is 0 Å². The SMILES string of the molecule is O=C(O)COS(=O)(=O)O.O=S(=O)(O)c1ccccc1. The number of hydrogen-bond donors (Lipinski definition) is 3. The van der Waals surface area contributed by atoms with E-state index in [2.05, 4.69) is 4.18 Å². The Morgan fingerprint density at radius 1 is 1.05 bits per heavy atom. The van der Waals surface area contributed by atoms with Crippen LogP contribution in [0, 0.1) is 0 Å². The molecule has 0 saturated heterocycles. The lowest BCUT2D eigenvalue weighted by Gasteiger charge is -1.92. The molecule has 1 rings (SSSR count). The summed E-state index contributed by atoms with van der Waals surface area (Å²) in [5, 5.41) is 7.78. The van der Waals surface area contributed by atoms with Crippen molar-refractivity contribution < 1.29 is 40.0 Å². The molecule has 0 fully saturated rings. The van der Waals surface area contributed by atoms with Crippen molar-refractivity contribution in [2.75, 3.05) is 6.61 Å². The second kappa shape index (κ2) is 7.16. The van der Waals surface area contributed by atoms with Gasteiger partial charge in [-0.3, -0.25) is 9.11 Å². The van der Waals surface area contributed by atoms with E-state index in [1.54, 1.807) is 18.2 Å². The normalized spacial score (nSPS) is 11.3. The van der Waals surface area contributed by atoms with Crippen LogP contribution in [0.25, 0.3) is 0 Å². The van der Waals surface area contributed by atoms with Crippen LogP contribution in [0.5, 0.6) is 0 Å². The second-order valence-electron chi connectivity index (χ2n) is 2.87. The van der Waals surface area contributed by atoms with E-state index in [0.717, 1.165) is 0 Å². The molecular weight excluding hydrogens is 304 g/mol. The van der Waals surface area contributed by atoms with E-state index >= 15 is 0 Å². The second-order valence-corrected chi connectivity index (χ2v) is 5.38. The Kier molecular flexibility index (Phi) is 6.58. The lowest BCUT2D eigenvalue weighted by Crippen LogP contribution is -2.12. The maximum atomic E-state index is 10.4. The Balaban J connectivity index is 0.000000344. The third-order valence-electron chi connectivity index (χ3n) is 1.37. The minimum Gasteiger partial charge on any atom is -0.479 e. The Morgan fingerprint density at radius 3 is 1.74 bits per heavy atom. The fourth-order valence-corrected chi connectivity index (χ4v) is 1.47. The number of carboxylic acids is 1. The number of carbonyl (C=O) groups is 1. The smallest absolute Gasteiger partial charge is 0.397 e. The van der Waals surface area contributed by atoms with E-state index in [1.807, 2.05) is 0 Å². The molecule has 11 heteroatoms. The Labute approximate surface area is 109 Å². The summed E-state index contributed by atoms with van der Waals surface area (Å²) in [5.74, 6) is -1.47. The molecule has 3 N–H and O–H groups in total. The van der Waals surface area contributed by atoms with Crippen molar-refractivity contribution in [1.29, 1.82) is 0 Å². The summed E-state index contributed by atoms with van der Waals surface area (Å²) in [6.07, 6.45) is 0. The zero-order valence-corrected chi connectivity index (χ0v) is 10.8. The van der Waals surface area contributed by atoms with Gasteiger partial charge in [-0.2, -0.15) is 16.8 Å². The molecule has 0 heterocycles. The van der Waals surface area contributed by atoms with Gasteiger partial charge in [0.1, 0.15) is 0 Å². The van der Waals surface area contributed by atoms with Gasteiger partial charge in [0.2, 0.25) is 0 Å². The van der Waals surface area contributed by atoms with Gasteiger partial charge in [0, 0.05) is 0 Å². The lowest BCUT2D eigenvalue weighted by atomic mass is 10.4. The number of benzene rings is 1. The van der Waals surface area contributed by atoms with Gasteiger partial charge in [-0.05, 0) is 12.1 Å². The number of carboxylic acid groups (broad SMARTS) is 1. The summed E-state index contributed by atoms with van der Waals surface area (Å²) >= 11 is 0. The molecule has 0 aliphatic heterocycles. The first-order valence-corrected chi connectivity index (χ1v) is 7.19. The van der Waals surface area contributed by atoms with Crippen LogP contribution >= 0.6 is 0 Å². The average Bonchev–Trinajstić information content (AvgIpc) is 2.26. The Morgan fingerprint density at radius 2 is 1.53 bits per heavy atom. The van der Waals surface area contributed by atoms with Gasteiger partial charge in [0.05, 0.1) is 4.90 Å². The molecule has 0 bridgehead atoms. The van der Waals surface area contributed by atoms with E-state index in [1.165, 1.54) is 12.1 Å². The first-order chi connectivity index (χ1) is 8.52. The summed E-state index contributed by atoms with van der Waals surface area (Å²) in [7, 11) is -8.60. The minimum atomic E-state index is -4.60. The Hall–Kier alpha value is -1.53. The zero-order valence-electron chi connectivity index (χ0n) is 9.20. The molecule has 0 amide bonds. The third kappa shape index (κ3) is 10.1. The maximum absolute atomic E-state index is 10.4. The molecule has 0 aliphatic rings. The van der Waals surface area contributed by atoms with Gasteiger partial charge in [-0.1, -0.05) is 18.2 Å². The van der Waals surface area contributed by atoms with E-state index in [4.69, 9.17) is 14.2 Å². The van der Waals surface area contributed by atoms with Gasteiger partial charge in [-0.25, -0.2) is 8.98 Å². The predicted molar refractivity (Wildman–Crippen MR) is 61.4 cm³/mol. The highest BCUT2D eigenvalue weighted by atomic mass is 32.3. The van der Waals surface area contributed by atoms with Crippen molar-refractivity contribution in [3.63, 3.8) is 0 Å². The highest BCUT2D eigenvalue weighted by Crippen LogP contribution is 2.05. The molecule has 0 spiro atoms. The summed E-state index contributed by atoms with van der Waals surface area (Å²) < 4.78 is 59.6. The first-order valence-electron chi connectivity index (χ1n) is 4.38. The van der Waals surface area contributed by atoms with Crippen molar-refractivity contribution >= 4 is 26.5 Å². The van der Waals surface area contributed by atoms with E-state index < -0.39 is 33.1 Å². The Bertz CT molecular complexity index is 603. The van der Waals surface area contributed by atoms with Crippen LogP contribution in [0.2, 0.25) is 0 Å². The molecule has 0 radical (unpaired) electrons. The van der Waals surface area contributed by atoms with Crippen LogP contribution < -0.4 is 0 Å². The number of hydrogen-bond acceptors (Lipinski definition) is 6. The maximum Gasteiger partial charge on any atom is 0.397 e. The molecule has 108 valence electrons. The molecule has 0 aliphatic carbocycles. The molecule has 0 aromatic heterocycles. The molecule has 1 aromatic carbocycles. The fourth-order valence-electron chi connectivity index (χ4n) is 0.717. The molecular formula is C8H10O9S2.